The predicted octanol–water partition coefficient (Wildman–Crippen LogP) is 10.6. The van der Waals surface area contributed by atoms with Gasteiger partial charge in [-0.2, -0.15) is 8.78 Å². The maximum absolute atomic E-state index is 14.0. The normalized spacial score (nSPS) is 20.9. The molecule has 9 heteroatoms. The van der Waals surface area contributed by atoms with Crippen molar-refractivity contribution in [3.8, 4) is 5.75 Å². The van der Waals surface area contributed by atoms with E-state index in [9.17, 15) is 18.4 Å². The van der Waals surface area contributed by atoms with Crippen LogP contribution in [0, 0.1) is 5.92 Å². The van der Waals surface area contributed by atoms with Gasteiger partial charge in [0, 0.05) is 34.9 Å². The molecule has 1 heterocycles. The van der Waals surface area contributed by atoms with E-state index in [1.165, 1.54) is 6.07 Å². The average molecular weight is 702 g/mol. The Labute approximate surface area is 295 Å². The third kappa shape index (κ3) is 6.83. The summed E-state index contributed by atoms with van der Waals surface area (Å²) < 4.78 is 44.4. The Bertz CT molecular complexity index is 1890. The van der Waals surface area contributed by atoms with Gasteiger partial charge in [-0.15, -0.1) is 0 Å². The van der Waals surface area contributed by atoms with E-state index in [2.05, 4.69) is 78.0 Å². The number of alkyl halides is 2. The molecule has 3 aliphatic rings. The molecule has 266 valence electrons. The summed E-state index contributed by atoms with van der Waals surface area (Å²) in [5.74, 6) is -1.95. The van der Waals surface area contributed by atoms with E-state index < -0.39 is 32.4 Å². The maximum atomic E-state index is 14.0. The van der Waals surface area contributed by atoms with E-state index in [-0.39, 0.29) is 41.4 Å². The molecule has 0 radical (unpaired) electrons. The Kier molecular flexibility index (Phi) is 9.72. The number of allylic oxidation sites excluding steroid dienone is 1. The molecule has 2 aliphatic carbocycles. The van der Waals surface area contributed by atoms with Gasteiger partial charge < -0.3 is 13.9 Å². The fourth-order valence-electron chi connectivity index (χ4n) is 7.91. The maximum Gasteiger partial charge on any atom is 0.387 e. The number of ether oxygens (including phenoxy) is 2. The highest BCUT2D eigenvalue weighted by Crippen LogP contribution is 2.56. The molecule has 6 rings (SSSR count). The lowest BCUT2D eigenvalue weighted by Crippen LogP contribution is -2.50. The van der Waals surface area contributed by atoms with E-state index in [1.807, 2.05) is 6.20 Å². The highest BCUT2D eigenvalue weighted by molar-refractivity contribution is 6.74. The fraction of sp³-hybridized carbons (Fsp3) is 0.488. The second-order valence-corrected chi connectivity index (χ2v) is 20.7. The van der Waals surface area contributed by atoms with Crippen molar-refractivity contribution in [2.24, 2.45) is 10.9 Å². The summed E-state index contributed by atoms with van der Waals surface area (Å²) in [5.41, 5.74) is 5.59. The van der Waals surface area contributed by atoms with Crippen LogP contribution in [0.3, 0.4) is 0 Å². The number of esters is 1. The lowest BCUT2D eigenvalue weighted by molar-refractivity contribution is -0.144. The Morgan fingerprint density at radius 3 is 2.44 bits per heavy atom. The smallest absolute Gasteiger partial charge is 0.387 e. The van der Waals surface area contributed by atoms with Crippen molar-refractivity contribution in [2.45, 2.75) is 116 Å². The van der Waals surface area contributed by atoms with Gasteiger partial charge in [-0.3, -0.25) is 14.6 Å². The molecule has 0 N–H and O–H groups in total. The number of Topliss-reactive ketones (excluding diaryl/α,β-unsaturated/α-hetero) is 1. The monoisotopic (exact) mass is 701 g/mol. The largest absolute Gasteiger partial charge is 0.466 e. The average Bonchev–Trinajstić information content (AvgIpc) is 3.15. The number of hydrogen-bond donors (Lipinski definition) is 0. The van der Waals surface area contributed by atoms with Gasteiger partial charge in [0.1, 0.15) is 5.75 Å². The van der Waals surface area contributed by atoms with Crippen LogP contribution in [-0.2, 0) is 14.0 Å². The third-order valence-electron chi connectivity index (χ3n) is 11.3. The van der Waals surface area contributed by atoms with E-state index in [0.29, 0.717) is 17.5 Å². The van der Waals surface area contributed by atoms with Gasteiger partial charge in [-0.05, 0) is 116 Å². The number of carbonyl (C=O) groups excluding carboxylic acids is 2. The number of benzene rings is 3. The number of ketones is 1. The molecule has 3 atom stereocenters. The van der Waals surface area contributed by atoms with Crippen LogP contribution in [0.4, 0.5) is 8.78 Å². The molecular formula is C41H49F2NO5Si. The van der Waals surface area contributed by atoms with Crippen LogP contribution in [0.2, 0.25) is 18.1 Å². The van der Waals surface area contributed by atoms with Crippen LogP contribution >= 0.6 is 0 Å². The highest BCUT2D eigenvalue weighted by atomic mass is 28.4. The number of hydrogen-bond acceptors (Lipinski definition) is 6. The molecule has 0 aromatic heterocycles. The first-order valence-electron chi connectivity index (χ1n) is 17.8. The fourth-order valence-corrected chi connectivity index (χ4v) is 9.61. The van der Waals surface area contributed by atoms with Crippen molar-refractivity contribution in [3.05, 3.63) is 82.5 Å². The molecule has 6 nitrogen and oxygen atoms in total. The van der Waals surface area contributed by atoms with Crippen molar-refractivity contribution in [1.29, 1.82) is 0 Å². The first-order chi connectivity index (χ1) is 23.5. The molecule has 3 aromatic rings. The van der Waals surface area contributed by atoms with E-state index in [1.54, 1.807) is 19.1 Å². The van der Waals surface area contributed by atoms with Crippen LogP contribution in [0.5, 0.6) is 5.75 Å². The second-order valence-electron chi connectivity index (χ2n) is 16.0. The van der Waals surface area contributed by atoms with Gasteiger partial charge in [0.25, 0.3) is 0 Å². The molecule has 1 aliphatic heterocycles. The highest BCUT2D eigenvalue weighted by Gasteiger charge is 2.47. The number of halogens is 2. The van der Waals surface area contributed by atoms with Crippen LogP contribution < -0.4 is 4.74 Å². The summed E-state index contributed by atoms with van der Waals surface area (Å²) in [6.07, 6.45) is 5.14. The zero-order valence-corrected chi connectivity index (χ0v) is 31.5. The topological polar surface area (TPSA) is 74.2 Å². The third-order valence-corrected chi connectivity index (χ3v) is 16.0. The first kappa shape index (κ1) is 36.1. The van der Waals surface area contributed by atoms with Crippen molar-refractivity contribution < 1.29 is 32.3 Å². The molecule has 50 heavy (non-hydrogen) atoms. The summed E-state index contributed by atoms with van der Waals surface area (Å²) in [4.78, 5) is 31.8. The molecule has 2 bridgehead atoms. The molecular weight excluding hydrogens is 653 g/mol. The number of aliphatic imine (C=N–C) groups is 1. The van der Waals surface area contributed by atoms with Crippen LogP contribution in [0.15, 0.2) is 59.7 Å². The first-order valence-corrected chi connectivity index (χ1v) is 20.7. The zero-order chi connectivity index (χ0) is 36.2. The minimum Gasteiger partial charge on any atom is -0.466 e. The number of rotatable bonds is 9. The molecule has 0 spiro atoms. The van der Waals surface area contributed by atoms with Gasteiger partial charge in [0.2, 0.25) is 0 Å². The van der Waals surface area contributed by atoms with Crippen LogP contribution in [-0.4, -0.2) is 44.6 Å². The van der Waals surface area contributed by atoms with Crippen molar-refractivity contribution in [2.75, 3.05) is 6.61 Å². The number of carbonyl (C=O) groups is 2. The standard InChI is InChI=1S/C41H49F2NO5Si/c1-9-47-36(45)22-33-31-21-32(37-28(38(33)46)13-11-14-34(37)48-39(42)43)30-20-27-18-24(16-17-25(27)19-29(30)31)26-12-10-15-35(44-23-26)41(5,6)49-50(7,8)40(2,3)4/h11,13-14,16-20,23,31-33,39H,9-10,12,15,21-22H2,1-8H3/t31-,32+,33+/m0/s1. The van der Waals surface area contributed by atoms with Gasteiger partial charge in [0.05, 0.1) is 18.6 Å². The summed E-state index contributed by atoms with van der Waals surface area (Å²) in [6, 6.07) is 15.4. The Morgan fingerprint density at radius 1 is 1.00 bits per heavy atom. The zero-order valence-electron chi connectivity index (χ0n) is 30.5. The quantitative estimate of drug-likeness (QED) is 0.164. The molecule has 0 fully saturated rings. The Hall–Kier alpha value is -3.69. The second kappa shape index (κ2) is 13.5. The van der Waals surface area contributed by atoms with Crippen LogP contribution in [0.25, 0.3) is 16.3 Å². The molecule has 0 amide bonds. The van der Waals surface area contributed by atoms with E-state index in [0.717, 1.165) is 58.0 Å². The lowest BCUT2D eigenvalue weighted by Gasteiger charge is -2.43. The minimum absolute atomic E-state index is 0.00539. The van der Waals surface area contributed by atoms with Crippen molar-refractivity contribution in [1.82, 2.24) is 0 Å². The molecule has 0 unspecified atom stereocenters. The SMILES string of the molecule is CCOC(=O)C[C@H]1C(=O)c2cccc(OC(F)F)c2[C@@H]2C[C@H]1c1cc3ccc(C4=CN=C(C(C)(C)O[Si](C)(C)C(C)(C)C)CCC4)cc3cc12. The summed E-state index contributed by atoms with van der Waals surface area (Å²) in [7, 11) is -2.02. The van der Waals surface area contributed by atoms with Crippen molar-refractivity contribution >= 4 is 42.1 Å². The summed E-state index contributed by atoms with van der Waals surface area (Å²) >= 11 is 0. The van der Waals surface area contributed by atoms with Gasteiger partial charge in [0.15, 0.2) is 14.1 Å². The lowest BCUT2D eigenvalue weighted by atomic mass is 9.79. The Balaban J connectivity index is 1.40. The predicted molar refractivity (Wildman–Crippen MR) is 197 cm³/mol. The summed E-state index contributed by atoms with van der Waals surface area (Å²) in [6.45, 7) is 14.5. The molecule has 3 aromatic carbocycles. The van der Waals surface area contributed by atoms with Gasteiger partial charge in [-0.1, -0.05) is 57.2 Å². The van der Waals surface area contributed by atoms with E-state index >= 15 is 0 Å². The van der Waals surface area contributed by atoms with E-state index in [4.69, 9.17) is 18.9 Å². The minimum atomic E-state index is -3.04. The summed E-state index contributed by atoms with van der Waals surface area (Å²) in [5, 5.41) is 2.13. The number of fused-ring (bicyclic) bond motifs is 8. The Morgan fingerprint density at radius 2 is 1.74 bits per heavy atom. The van der Waals surface area contributed by atoms with Gasteiger partial charge >= 0.3 is 12.6 Å². The molecule has 0 saturated carbocycles. The molecule has 0 saturated heterocycles. The van der Waals surface area contributed by atoms with Crippen molar-refractivity contribution in [3.63, 3.8) is 0 Å². The van der Waals surface area contributed by atoms with Gasteiger partial charge in [-0.25, -0.2) is 0 Å². The van der Waals surface area contributed by atoms with Crippen LogP contribution in [0.1, 0.15) is 118 Å². The number of nitrogens with zero attached hydrogens (tertiary/aromatic N) is 1.